The Morgan fingerprint density at radius 1 is 0.889 bits per heavy atom. The van der Waals surface area contributed by atoms with Gasteiger partial charge in [0.2, 0.25) is 5.91 Å². The van der Waals surface area contributed by atoms with Crippen molar-refractivity contribution in [3.05, 3.63) is 71.3 Å². The van der Waals surface area contributed by atoms with Gasteiger partial charge in [0.1, 0.15) is 0 Å². The summed E-state index contributed by atoms with van der Waals surface area (Å²) < 4.78 is 0. The van der Waals surface area contributed by atoms with Crippen LogP contribution in [0.15, 0.2) is 54.6 Å². The second-order valence-corrected chi connectivity index (χ2v) is 13.9. The summed E-state index contributed by atoms with van der Waals surface area (Å²) in [5.74, 6) is 1.28. The molecule has 0 unspecified atom stereocenters. The number of nitrogens with one attached hydrogen (secondary N) is 2. The molecule has 0 bridgehead atoms. The summed E-state index contributed by atoms with van der Waals surface area (Å²) in [6.07, 6.45) is 8.60. The van der Waals surface area contributed by atoms with E-state index in [0.717, 1.165) is 51.9 Å². The molecule has 1 heterocycles. The maximum Gasteiger partial charge on any atom is 0.253 e. The van der Waals surface area contributed by atoms with Gasteiger partial charge in [-0.25, -0.2) is 0 Å². The van der Waals surface area contributed by atoms with Crippen molar-refractivity contribution in [2.45, 2.75) is 104 Å². The van der Waals surface area contributed by atoms with Crippen molar-refractivity contribution >= 4 is 17.7 Å². The predicted octanol–water partition coefficient (Wildman–Crippen LogP) is 6.86. The van der Waals surface area contributed by atoms with Gasteiger partial charge in [-0.05, 0) is 89.8 Å². The number of carbonyl (C=O) groups is 3. The molecule has 2 aromatic carbocycles. The fourth-order valence-electron chi connectivity index (χ4n) is 6.62. The van der Waals surface area contributed by atoms with E-state index in [9.17, 15) is 14.4 Å². The Morgan fingerprint density at radius 2 is 1.53 bits per heavy atom. The predicted molar refractivity (Wildman–Crippen MR) is 184 cm³/mol. The maximum atomic E-state index is 13.2. The molecular formula is C38H58N4O3. The third kappa shape index (κ3) is 11.9. The molecule has 2 aliphatic rings. The maximum absolute atomic E-state index is 13.2. The lowest BCUT2D eigenvalue weighted by Gasteiger charge is -2.46. The molecule has 3 atom stereocenters. The van der Waals surface area contributed by atoms with E-state index in [0.29, 0.717) is 29.5 Å². The van der Waals surface area contributed by atoms with E-state index in [2.05, 4.69) is 48.4 Å². The zero-order valence-electron chi connectivity index (χ0n) is 28.7. The van der Waals surface area contributed by atoms with E-state index in [-0.39, 0.29) is 29.3 Å². The van der Waals surface area contributed by atoms with Crippen LogP contribution in [-0.2, 0) is 4.79 Å². The number of piperidine rings is 1. The van der Waals surface area contributed by atoms with Crippen LogP contribution >= 0.6 is 0 Å². The molecule has 7 heteroatoms. The first kappa shape index (κ1) is 36.3. The summed E-state index contributed by atoms with van der Waals surface area (Å²) in [5.41, 5.74) is 2.14. The zero-order chi connectivity index (χ0) is 32.8. The van der Waals surface area contributed by atoms with Crippen LogP contribution in [0, 0.1) is 18.8 Å². The van der Waals surface area contributed by atoms with Gasteiger partial charge in [0.05, 0.1) is 6.04 Å². The number of likely N-dealkylation sites (tertiary alicyclic amines) is 1. The number of carbonyl (C=O) groups excluding carboxylic acids is 3. The van der Waals surface area contributed by atoms with Gasteiger partial charge >= 0.3 is 0 Å². The van der Waals surface area contributed by atoms with E-state index < -0.39 is 0 Å². The molecule has 2 fully saturated rings. The number of aryl methyl sites for hydroxylation is 1. The Labute approximate surface area is 272 Å². The lowest BCUT2D eigenvalue weighted by Crippen LogP contribution is -2.57. The van der Waals surface area contributed by atoms with Crippen LogP contribution in [0.25, 0.3) is 0 Å². The smallest absolute Gasteiger partial charge is 0.253 e. The highest BCUT2D eigenvalue weighted by molar-refractivity contribution is 5.99. The van der Waals surface area contributed by atoms with Crippen molar-refractivity contribution in [1.82, 2.24) is 20.4 Å². The number of amides is 3. The first-order valence-electron chi connectivity index (χ1n) is 17.3. The number of fused-ring (bicyclic) bond motifs is 1. The quantitative estimate of drug-likeness (QED) is 0.270. The molecule has 45 heavy (non-hydrogen) atoms. The van der Waals surface area contributed by atoms with Crippen molar-refractivity contribution in [2.75, 3.05) is 32.7 Å². The first-order chi connectivity index (χ1) is 21.5. The van der Waals surface area contributed by atoms with Crippen molar-refractivity contribution in [2.24, 2.45) is 11.8 Å². The molecule has 2 N–H and O–H groups in total. The summed E-state index contributed by atoms with van der Waals surface area (Å²) in [4.78, 5) is 43.3. The molecule has 1 saturated heterocycles. The minimum Gasteiger partial charge on any atom is -0.352 e. The minimum atomic E-state index is -0.250. The Bertz CT molecular complexity index is 1200. The summed E-state index contributed by atoms with van der Waals surface area (Å²) in [7, 11) is 0. The average molecular weight is 619 g/mol. The molecular weight excluding hydrogens is 560 g/mol. The lowest BCUT2D eigenvalue weighted by molar-refractivity contribution is -0.131. The van der Waals surface area contributed by atoms with Crippen LogP contribution < -0.4 is 10.6 Å². The topological polar surface area (TPSA) is 81.8 Å². The van der Waals surface area contributed by atoms with Gasteiger partial charge < -0.3 is 15.5 Å². The van der Waals surface area contributed by atoms with Crippen molar-refractivity contribution in [1.29, 1.82) is 0 Å². The van der Waals surface area contributed by atoms with E-state index in [1.807, 2.05) is 43.9 Å². The largest absolute Gasteiger partial charge is 0.352 e. The third-order valence-electron chi connectivity index (χ3n) is 8.80. The van der Waals surface area contributed by atoms with Crippen molar-refractivity contribution in [3.63, 3.8) is 0 Å². The molecule has 7 nitrogen and oxygen atoms in total. The Balaban J connectivity index is 0.000000693. The molecule has 1 aliphatic heterocycles. The van der Waals surface area contributed by atoms with E-state index in [1.165, 1.54) is 31.2 Å². The summed E-state index contributed by atoms with van der Waals surface area (Å²) >= 11 is 0. The van der Waals surface area contributed by atoms with Crippen LogP contribution in [0.1, 0.15) is 112 Å². The van der Waals surface area contributed by atoms with E-state index in [1.54, 1.807) is 24.3 Å². The van der Waals surface area contributed by atoms with Crippen LogP contribution in [0.3, 0.4) is 0 Å². The lowest BCUT2D eigenvalue weighted by atomic mass is 9.72. The third-order valence-corrected chi connectivity index (χ3v) is 8.80. The highest BCUT2D eigenvalue weighted by Gasteiger charge is 2.40. The van der Waals surface area contributed by atoms with Gasteiger partial charge in [0.25, 0.3) is 11.8 Å². The van der Waals surface area contributed by atoms with Gasteiger partial charge in [-0.2, -0.15) is 0 Å². The average Bonchev–Trinajstić information content (AvgIpc) is 3.02. The van der Waals surface area contributed by atoms with Crippen LogP contribution in [0.5, 0.6) is 0 Å². The first-order valence-corrected chi connectivity index (χ1v) is 17.3. The fourth-order valence-corrected chi connectivity index (χ4v) is 6.62. The number of rotatable bonds is 11. The van der Waals surface area contributed by atoms with E-state index in [4.69, 9.17) is 0 Å². The number of nitrogens with zero attached hydrogens (tertiary/aromatic N) is 2. The monoisotopic (exact) mass is 618 g/mol. The second kappa shape index (κ2) is 18.1. The van der Waals surface area contributed by atoms with Gasteiger partial charge in [-0.15, -0.1) is 0 Å². The molecule has 1 saturated carbocycles. The Kier molecular flexibility index (Phi) is 14.6. The number of hydrogen-bond acceptors (Lipinski definition) is 4. The van der Waals surface area contributed by atoms with Crippen LogP contribution in [0.2, 0.25) is 0 Å². The Morgan fingerprint density at radius 3 is 2.13 bits per heavy atom. The van der Waals surface area contributed by atoms with Gasteiger partial charge in [0.15, 0.2) is 0 Å². The molecule has 0 aromatic heterocycles. The SMILES string of the molecule is CCCN(CCC)C(=O)c1cccc(C(=O)NCCCN2C[C@H]3CCCC[C@H]3C[C@H]2C(=O)NC(C)(C)C)c1.Cc1ccccc1. The molecule has 248 valence electrons. The normalized spacial score (nSPS) is 19.8. The van der Waals surface area contributed by atoms with Gasteiger partial charge in [-0.3, -0.25) is 19.3 Å². The summed E-state index contributed by atoms with van der Waals surface area (Å²) in [5, 5.41) is 6.23. The Hall–Kier alpha value is -3.19. The van der Waals surface area contributed by atoms with E-state index >= 15 is 0 Å². The highest BCUT2D eigenvalue weighted by Crippen LogP contribution is 2.38. The van der Waals surface area contributed by atoms with Gasteiger partial charge in [-0.1, -0.05) is 75.1 Å². The number of hydrogen-bond donors (Lipinski definition) is 2. The molecule has 1 aliphatic carbocycles. The van der Waals surface area contributed by atoms with Crippen LogP contribution in [-0.4, -0.2) is 71.8 Å². The molecule has 0 spiro atoms. The van der Waals surface area contributed by atoms with Crippen molar-refractivity contribution < 1.29 is 14.4 Å². The van der Waals surface area contributed by atoms with Gasteiger partial charge in [0, 0.05) is 49.4 Å². The highest BCUT2D eigenvalue weighted by atomic mass is 16.2. The zero-order valence-corrected chi connectivity index (χ0v) is 28.7. The standard InChI is InChI=1S/C31H50N4O3.C7H8/c1-6-17-34(18-7-2)30(38)25-15-10-14-24(20-25)28(36)32-16-11-19-35-22-26-13-9-8-12-23(26)21-27(35)29(37)33-31(3,4)5;1-7-5-3-2-4-6-7/h10,14-15,20,23,26-27H,6-9,11-13,16-19,21-22H2,1-5H3,(H,32,36)(H,33,37);2-6H,1H3/t23-,26+,27-;/m0./s1. The van der Waals surface area contributed by atoms with Crippen LogP contribution in [0.4, 0.5) is 0 Å². The van der Waals surface area contributed by atoms with Crippen molar-refractivity contribution in [3.8, 4) is 0 Å². The summed E-state index contributed by atoms with van der Waals surface area (Å²) in [6, 6.07) is 17.2. The molecule has 3 amide bonds. The minimum absolute atomic E-state index is 0.0194. The fraction of sp³-hybridized carbons (Fsp3) is 0.605. The molecule has 4 rings (SSSR count). The molecule has 0 radical (unpaired) electrons. The second-order valence-electron chi connectivity index (χ2n) is 13.9. The molecule has 2 aromatic rings. The summed E-state index contributed by atoms with van der Waals surface area (Å²) in [6.45, 7) is 16.0. The number of benzene rings is 2.